The molecule has 1 aromatic heterocycles. The standard InChI is InChI=1S/C35H38N6O4/c1-4-17-39-23-32(43)40-30(18-25-13-15-28(42)16-14-25)34(44)38(21-27-11-8-12-29-24(2)20-37(3)33(27)29)22-31(40)41(39)35(45)36-19-26-9-6-5-7-10-26/h4-16,20,30-31,42H,1,17-19,21-23H2,2-3H3,(H,36,45). The minimum absolute atomic E-state index is 0.0669. The fourth-order valence-electron chi connectivity index (χ4n) is 6.64. The van der Waals surface area contributed by atoms with Gasteiger partial charge in [-0.1, -0.05) is 66.7 Å². The average Bonchev–Trinajstić information content (AvgIpc) is 3.33. The molecule has 0 radical (unpaired) electrons. The first kappa shape index (κ1) is 30.0. The molecule has 0 saturated carbocycles. The normalized spacial score (nSPS) is 18.8. The number of phenols is 1. The molecule has 2 aliphatic rings. The summed E-state index contributed by atoms with van der Waals surface area (Å²) >= 11 is 0. The van der Waals surface area contributed by atoms with E-state index in [0.29, 0.717) is 13.1 Å². The molecule has 6 rings (SSSR count). The number of nitrogens with one attached hydrogen (secondary N) is 1. The van der Waals surface area contributed by atoms with Gasteiger partial charge in [0.15, 0.2) is 0 Å². The summed E-state index contributed by atoms with van der Waals surface area (Å²) in [7, 11) is 2.00. The Bertz CT molecular complexity index is 1730. The Morgan fingerprint density at radius 1 is 1.02 bits per heavy atom. The van der Waals surface area contributed by atoms with E-state index >= 15 is 0 Å². The number of aromatic nitrogens is 1. The molecule has 3 aromatic carbocycles. The van der Waals surface area contributed by atoms with E-state index in [0.717, 1.165) is 33.2 Å². The van der Waals surface area contributed by atoms with Crippen LogP contribution in [0.3, 0.4) is 0 Å². The number of hydrazine groups is 1. The zero-order chi connectivity index (χ0) is 31.7. The first-order chi connectivity index (χ1) is 21.7. The Hall–Kier alpha value is -5.09. The molecule has 2 fully saturated rings. The van der Waals surface area contributed by atoms with E-state index in [9.17, 15) is 19.5 Å². The van der Waals surface area contributed by atoms with Crippen LogP contribution in [0, 0.1) is 6.92 Å². The van der Waals surface area contributed by atoms with Crippen molar-refractivity contribution in [1.29, 1.82) is 0 Å². The number of piperazine rings is 1. The minimum atomic E-state index is -0.842. The number of carbonyl (C=O) groups is 3. The second kappa shape index (κ2) is 12.5. The van der Waals surface area contributed by atoms with Gasteiger partial charge < -0.3 is 24.8 Å². The first-order valence-corrected chi connectivity index (χ1v) is 15.1. The van der Waals surface area contributed by atoms with Gasteiger partial charge in [0, 0.05) is 44.7 Å². The number of benzene rings is 3. The predicted molar refractivity (Wildman–Crippen MR) is 172 cm³/mol. The Labute approximate surface area is 262 Å². The number of aromatic hydroxyl groups is 1. The van der Waals surface area contributed by atoms with Crippen molar-refractivity contribution >= 4 is 28.7 Å². The lowest BCUT2D eigenvalue weighted by atomic mass is 9.98. The lowest BCUT2D eigenvalue weighted by molar-refractivity contribution is -0.189. The largest absolute Gasteiger partial charge is 0.508 e. The summed E-state index contributed by atoms with van der Waals surface area (Å²) in [5, 5.41) is 17.3. The van der Waals surface area contributed by atoms with Crippen LogP contribution in [-0.4, -0.2) is 79.2 Å². The maximum absolute atomic E-state index is 14.3. The van der Waals surface area contributed by atoms with E-state index in [1.54, 1.807) is 50.2 Å². The molecular weight excluding hydrogens is 568 g/mol. The summed E-state index contributed by atoms with van der Waals surface area (Å²) in [6.07, 6.45) is 3.24. The third-order valence-corrected chi connectivity index (χ3v) is 8.68. The highest BCUT2D eigenvalue weighted by atomic mass is 16.3. The van der Waals surface area contributed by atoms with Gasteiger partial charge >= 0.3 is 6.03 Å². The van der Waals surface area contributed by atoms with Gasteiger partial charge in [0.25, 0.3) is 0 Å². The van der Waals surface area contributed by atoms with Crippen LogP contribution in [0.4, 0.5) is 4.79 Å². The summed E-state index contributed by atoms with van der Waals surface area (Å²) in [5.41, 5.74) is 4.93. The van der Waals surface area contributed by atoms with E-state index in [1.807, 2.05) is 49.5 Å². The zero-order valence-corrected chi connectivity index (χ0v) is 25.6. The third kappa shape index (κ3) is 5.88. The summed E-state index contributed by atoms with van der Waals surface area (Å²) in [6.45, 7) is 6.92. The van der Waals surface area contributed by atoms with Crippen molar-refractivity contribution in [3.63, 3.8) is 0 Å². The van der Waals surface area contributed by atoms with E-state index in [2.05, 4.69) is 35.6 Å². The highest BCUT2D eigenvalue weighted by Gasteiger charge is 2.51. The quantitative estimate of drug-likeness (QED) is 0.296. The van der Waals surface area contributed by atoms with Crippen LogP contribution < -0.4 is 5.32 Å². The smallest absolute Gasteiger partial charge is 0.334 e. The SMILES string of the molecule is C=CCN1CC(=O)N2C(Cc3ccc(O)cc3)C(=O)N(Cc3cccc4c(C)cn(C)c34)CC2N1C(=O)NCc1ccccc1. The van der Waals surface area contributed by atoms with Gasteiger partial charge in [-0.2, -0.15) is 0 Å². The Morgan fingerprint density at radius 2 is 1.78 bits per heavy atom. The number of para-hydroxylation sites is 1. The molecule has 2 unspecified atom stereocenters. The Balaban J connectivity index is 1.38. The number of fused-ring (bicyclic) bond motifs is 2. The minimum Gasteiger partial charge on any atom is -0.508 e. The van der Waals surface area contributed by atoms with Crippen LogP contribution in [0.2, 0.25) is 0 Å². The van der Waals surface area contributed by atoms with E-state index in [-0.39, 0.29) is 49.7 Å². The number of phenolic OH excluding ortho intramolecular Hbond substituents is 1. The zero-order valence-electron chi connectivity index (χ0n) is 25.6. The lowest BCUT2D eigenvalue weighted by Crippen LogP contribution is -2.76. The average molecular weight is 607 g/mol. The number of carbonyl (C=O) groups excluding carboxylic acids is 3. The van der Waals surface area contributed by atoms with Crippen molar-refractivity contribution in [2.24, 2.45) is 7.05 Å². The van der Waals surface area contributed by atoms with Gasteiger partial charge in [-0.05, 0) is 41.3 Å². The monoisotopic (exact) mass is 606 g/mol. The number of aryl methyl sites for hydroxylation is 2. The van der Waals surface area contributed by atoms with E-state index in [4.69, 9.17) is 0 Å². The van der Waals surface area contributed by atoms with Crippen LogP contribution in [0.25, 0.3) is 10.9 Å². The second-order valence-electron chi connectivity index (χ2n) is 11.7. The van der Waals surface area contributed by atoms with Crippen LogP contribution in [0.5, 0.6) is 5.75 Å². The summed E-state index contributed by atoms with van der Waals surface area (Å²) in [5.74, 6) is -0.294. The predicted octanol–water partition coefficient (Wildman–Crippen LogP) is 3.93. The molecule has 2 aliphatic heterocycles. The van der Waals surface area contributed by atoms with Gasteiger partial charge in [-0.3, -0.25) is 9.59 Å². The Kier molecular flexibility index (Phi) is 8.32. The number of hydrogen-bond donors (Lipinski definition) is 2. The molecule has 4 amide bonds. The highest BCUT2D eigenvalue weighted by molar-refractivity contribution is 5.92. The van der Waals surface area contributed by atoms with Crippen LogP contribution >= 0.6 is 0 Å². The van der Waals surface area contributed by atoms with Crippen molar-refractivity contribution in [3.05, 3.63) is 114 Å². The summed E-state index contributed by atoms with van der Waals surface area (Å²) in [4.78, 5) is 45.5. The molecule has 2 saturated heterocycles. The van der Waals surface area contributed by atoms with Gasteiger partial charge in [0.2, 0.25) is 11.8 Å². The summed E-state index contributed by atoms with van der Waals surface area (Å²) < 4.78 is 2.08. The molecule has 232 valence electrons. The van der Waals surface area contributed by atoms with Crippen molar-refractivity contribution in [2.45, 2.75) is 38.6 Å². The van der Waals surface area contributed by atoms with Crippen molar-refractivity contribution in [3.8, 4) is 5.75 Å². The molecule has 0 spiro atoms. The molecule has 0 bridgehead atoms. The molecule has 10 heteroatoms. The first-order valence-electron chi connectivity index (χ1n) is 15.1. The van der Waals surface area contributed by atoms with Crippen LogP contribution in [-0.2, 0) is 36.1 Å². The Morgan fingerprint density at radius 3 is 2.51 bits per heavy atom. The molecule has 45 heavy (non-hydrogen) atoms. The third-order valence-electron chi connectivity index (χ3n) is 8.68. The molecule has 10 nitrogen and oxygen atoms in total. The lowest BCUT2D eigenvalue weighted by Gasteiger charge is -2.55. The second-order valence-corrected chi connectivity index (χ2v) is 11.7. The molecular formula is C35H38N6O4. The van der Waals surface area contributed by atoms with Crippen molar-refractivity contribution < 1.29 is 19.5 Å². The topological polar surface area (TPSA) is 101 Å². The number of amides is 4. The van der Waals surface area contributed by atoms with Crippen molar-refractivity contribution in [1.82, 2.24) is 29.7 Å². The fraction of sp³-hybridized carbons (Fsp3) is 0.286. The van der Waals surface area contributed by atoms with Gasteiger partial charge in [-0.15, -0.1) is 6.58 Å². The highest BCUT2D eigenvalue weighted by Crippen LogP contribution is 2.31. The fourth-order valence-corrected chi connectivity index (χ4v) is 6.64. The molecule has 2 N–H and O–H groups in total. The molecule has 0 aliphatic carbocycles. The maximum Gasteiger partial charge on any atom is 0.334 e. The van der Waals surface area contributed by atoms with Crippen LogP contribution in [0.1, 0.15) is 22.3 Å². The van der Waals surface area contributed by atoms with Gasteiger partial charge in [0.1, 0.15) is 18.0 Å². The van der Waals surface area contributed by atoms with Crippen LogP contribution in [0.15, 0.2) is 91.6 Å². The van der Waals surface area contributed by atoms with Gasteiger partial charge in [0.05, 0.1) is 18.6 Å². The van der Waals surface area contributed by atoms with Crippen molar-refractivity contribution in [2.75, 3.05) is 19.6 Å². The van der Waals surface area contributed by atoms with E-state index < -0.39 is 12.2 Å². The maximum atomic E-state index is 14.3. The molecule has 2 atom stereocenters. The number of nitrogens with zero attached hydrogens (tertiary/aromatic N) is 5. The summed E-state index contributed by atoms with van der Waals surface area (Å²) in [6, 6.07) is 21.2. The van der Waals surface area contributed by atoms with Gasteiger partial charge in [-0.25, -0.2) is 14.8 Å². The number of rotatable bonds is 8. The number of hydrogen-bond acceptors (Lipinski definition) is 5. The molecule has 4 aromatic rings. The molecule has 3 heterocycles. The van der Waals surface area contributed by atoms with E-state index in [1.165, 1.54) is 0 Å². The number of urea groups is 1.